The Morgan fingerprint density at radius 2 is 1.85 bits per heavy atom. The van der Waals surface area contributed by atoms with Crippen molar-refractivity contribution >= 4 is 11.6 Å². The molecule has 1 aromatic carbocycles. The van der Waals surface area contributed by atoms with Crippen molar-refractivity contribution in [3.63, 3.8) is 0 Å². The molecule has 0 unspecified atom stereocenters. The van der Waals surface area contributed by atoms with Gasteiger partial charge >= 0.3 is 0 Å². The molecule has 3 aromatic rings. The number of imidazole rings is 1. The Labute approximate surface area is 158 Å². The van der Waals surface area contributed by atoms with Crippen molar-refractivity contribution in [2.24, 2.45) is 0 Å². The Kier molecular flexibility index (Phi) is 3.71. The molecule has 5 rings (SSSR count). The van der Waals surface area contributed by atoms with Gasteiger partial charge in [-0.2, -0.15) is 0 Å². The van der Waals surface area contributed by atoms with Crippen LogP contribution in [0.25, 0.3) is 5.65 Å². The van der Waals surface area contributed by atoms with Gasteiger partial charge in [-0.1, -0.05) is 24.3 Å². The number of hydrogen-bond acceptors (Lipinski definition) is 3. The monoisotopic (exact) mass is 361 g/mol. The number of amides is 1. The van der Waals surface area contributed by atoms with Crippen LogP contribution in [0.15, 0.2) is 48.7 Å². The first kappa shape index (κ1) is 16.4. The molecule has 2 aromatic heterocycles. The van der Waals surface area contributed by atoms with Crippen LogP contribution in [-0.4, -0.2) is 38.9 Å². The first-order chi connectivity index (χ1) is 13.2. The molecule has 1 spiro atoms. The molecule has 0 radical (unpaired) electrons. The zero-order valence-electron chi connectivity index (χ0n) is 15.5. The zero-order valence-corrected chi connectivity index (χ0v) is 15.5. The first-order valence-electron chi connectivity index (χ1n) is 9.65. The second-order valence-electron chi connectivity index (χ2n) is 7.66. The average Bonchev–Trinajstić information content (AvgIpc) is 3.03. The van der Waals surface area contributed by atoms with Crippen LogP contribution in [0.3, 0.4) is 0 Å². The Hall–Kier alpha value is -2.82. The smallest absolute Gasteiger partial charge is 0.272 e. The van der Waals surface area contributed by atoms with Crippen molar-refractivity contribution in [3.05, 3.63) is 65.6 Å². The average molecular weight is 361 g/mol. The number of aryl methyl sites for hydroxylation is 2. The van der Waals surface area contributed by atoms with Crippen molar-refractivity contribution in [3.8, 4) is 5.75 Å². The third kappa shape index (κ3) is 2.69. The number of aromatic nitrogens is 2. The maximum absolute atomic E-state index is 13.2. The standard InChI is InChI=1S/C22H23N3O2/c1-16-20(25-13-5-4-8-19(25)23-16)21(26)24-14-11-22(12-15-24)10-9-17-6-2-3-7-18(17)27-22/h2-8,13H,9-12,14-15H2,1H3. The molecule has 5 nitrogen and oxygen atoms in total. The van der Waals surface area contributed by atoms with Crippen LogP contribution in [0.5, 0.6) is 5.75 Å². The number of carbonyl (C=O) groups is 1. The fraction of sp³-hybridized carbons (Fsp3) is 0.364. The number of para-hydroxylation sites is 1. The number of nitrogens with zero attached hydrogens (tertiary/aromatic N) is 3. The van der Waals surface area contributed by atoms with Crippen LogP contribution in [0.1, 0.15) is 41.0 Å². The highest BCUT2D eigenvalue weighted by Crippen LogP contribution is 2.39. The number of pyridine rings is 1. The molecular weight excluding hydrogens is 338 g/mol. The summed E-state index contributed by atoms with van der Waals surface area (Å²) in [6.07, 6.45) is 5.75. The summed E-state index contributed by atoms with van der Waals surface area (Å²) >= 11 is 0. The molecule has 0 N–H and O–H groups in total. The van der Waals surface area contributed by atoms with E-state index in [9.17, 15) is 4.79 Å². The molecule has 4 heterocycles. The maximum Gasteiger partial charge on any atom is 0.272 e. The number of hydrogen-bond donors (Lipinski definition) is 0. The molecule has 5 heteroatoms. The minimum Gasteiger partial charge on any atom is -0.487 e. The molecular formula is C22H23N3O2. The quantitative estimate of drug-likeness (QED) is 0.665. The van der Waals surface area contributed by atoms with Crippen molar-refractivity contribution in [2.45, 2.75) is 38.2 Å². The fourth-order valence-corrected chi connectivity index (χ4v) is 4.45. The summed E-state index contributed by atoms with van der Waals surface area (Å²) < 4.78 is 8.32. The molecule has 0 atom stereocenters. The summed E-state index contributed by atoms with van der Waals surface area (Å²) in [7, 11) is 0. The van der Waals surface area contributed by atoms with E-state index in [4.69, 9.17) is 4.74 Å². The van der Waals surface area contributed by atoms with E-state index in [0.717, 1.165) is 55.9 Å². The van der Waals surface area contributed by atoms with Crippen LogP contribution in [0.4, 0.5) is 0 Å². The number of rotatable bonds is 1. The Balaban J connectivity index is 1.35. The zero-order chi connectivity index (χ0) is 18.4. The summed E-state index contributed by atoms with van der Waals surface area (Å²) in [5, 5.41) is 0. The van der Waals surface area contributed by atoms with Crippen molar-refractivity contribution in [2.75, 3.05) is 13.1 Å². The molecule has 0 bridgehead atoms. The minimum atomic E-state index is -0.125. The highest BCUT2D eigenvalue weighted by atomic mass is 16.5. The van der Waals surface area contributed by atoms with Gasteiger partial charge < -0.3 is 9.64 Å². The van der Waals surface area contributed by atoms with Gasteiger partial charge in [-0.05, 0) is 43.5 Å². The highest BCUT2D eigenvalue weighted by Gasteiger charge is 2.40. The third-order valence-corrected chi connectivity index (χ3v) is 6.02. The fourth-order valence-electron chi connectivity index (χ4n) is 4.45. The van der Waals surface area contributed by atoms with Crippen LogP contribution in [-0.2, 0) is 6.42 Å². The van der Waals surface area contributed by atoms with Crippen LogP contribution < -0.4 is 4.74 Å². The van der Waals surface area contributed by atoms with Gasteiger partial charge in [0.05, 0.1) is 5.69 Å². The van der Waals surface area contributed by atoms with E-state index in [1.54, 1.807) is 0 Å². The molecule has 2 aliphatic rings. The summed E-state index contributed by atoms with van der Waals surface area (Å²) in [6, 6.07) is 14.1. The van der Waals surface area contributed by atoms with Crippen LogP contribution >= 0.6 is 0 Å². The lowest BCUT2D eigenvalue weighted by Gasteiger charge is -2.44. The van der Waals surface area contributed by atoms with Crippen LogP contribution in [0, 0.1) is 6.92 Å². The van der Waals surface area contributed by atoms with Crippen molar-refractivity contribution in [1.82, 2.24) is 14.3 Å². The SMILES string of the molecule is Cc1nc2ccccn2c1C(=O)N1CCC2(CCc3ccccc3O2)CC1. The van der Waals surface area contributed by atoms with E-state index >= 15 is 0 Å². The summed E-state index contributed by atoms with van der Waals surface area (Å²) in [4.78, 5) is 19.7. The molecule has 0 saturated carbocycles. The summed E-state index contributed by atoms with van der Waals surface area (Å²) in [5.74, 6) is 1.08. The van der Waals surface area contributed by atoms with E-state index < -0.39 is 0 Å². The number of benzene rings is 1. The van der Waals surface area contributed by atoms with Gasteiger partial charge in [-0.25, -0.2) is 4.98 Å². The van der Waals surface area contributed by atoms with Crippen molar-refractivity contribution < 1.29 is 9.53 Å². The molecule has 138 valence electrons. The number of carbonyl (C=O) groups excluding carboxylic acids is 1. The predicted molar refractivity (Wildman–Crippen MR) is 103 cm³/mol. The molecule has 0 aliphatic carbocycles. The van der Waals surface area contributed by atoms with Gasteiger partial charge in [0.15, 0.2) is 0 Å². The largest absolute Gasteiger partial charge is 0.487 e. The van der Waals surface area contributed by atoms with Gasteiger partial charge in [-0.3, -0.25) is 9.20 Å². The Bertz CT molecular complexity index is 1020. The number of ether oxygens (including phenoxy) is 1. The van der Waals surface area contributed by atoms with E-state index in [1.807, 2.05) is 46.7 Å². The van der Waals surface area contributed by atoms with Gasteiger partial charge in [0.1, 0.15) is 22.7 Å². The number of fused-ring (bicyclic) bond motifs is 2. The lowest BCUT2D eigenvalue weighted by atomic mass is 9.83. The van der Waals surface area contributed by atoms with Crippen LogP contribution in [0.2, 0.25) is 0 Å². The van der Waals surface area contributed by atoms with Gasteiger partial charge in [-0.15, -0.1) is 0 Å². The number of piperidine rings is 1. The Morgan fingerprint density at radius 3 is 2.70 bits per heavy atom. The third-order valence-electron chi connectivity index (χ3n) is 6.02. The molecule has 27 heavy (non-hydrogen) atoms. The van der Waals surface area contributed by atoms with Gasteiger partial charge in [0.25, 0.3) is 5.91 Å². The van der Waals surface area contributed by atoms with Gasteiger partial charge in [0.2, 0.25) is 0 Å². The van der Waals surface area contributed by atoms with E-state index in [-0.39, 0.29) is 11.5 Å². The van der Waals surface area contributed by atoms with E-state index in [0.29, 0.717) is 5.69 Å². The van der Waals surface area contributed by atoms with Crippen molar-refractivity contribution in [1.29, 1.82) is 0 Å². The molecule has 1 amide bonds. The maximum atomic E-state index is 13.2. The first-order valence-corrected chi connectivity index (χ1v) is 9.65. The Morgan fingerprint density at radius 1 is 1.07 bits per heavy atom. The second kappa shape index (κ2) is 6.12. The number of likely N-dealkylation sites (tertiary alicyclic amines) is 1. The van der Waals surface area contributed by atoms with Gasteiger partial charge in [0, 0.05) is 32.1 Å². The van der Waals surface area contributed by atoms with E-state index in [2.05, 4.69) is 23.2 Å². The summed E-state index contributed by atoms with van der Waals surface area (Å²) in [6.45, 7) is 3.36. The topological polar surface area (TPSA) is 46.8 Å². The lowest BCUT2D eigenvalue weighted by molar-refractivity contribution is -0.0108. The second-order valence-corrected chi connectivity index (χ2v) is 7.66. The minimum absolute atomic E-state index is 0.0669. The molecule has 2 aliphatic heterocycles. The summed E-state index contributed by atoms with van der Waals surface area (Å²) in [5.41, 5.74) is 3.45. The van der Waals surface area contributed by atoms with E-state index in [1.165, 1.54) is 5.56 Å². The lowest BCUT2D eigenvalue weighted by Crippen LogP contribution is -2.51. The molecule has 1 fully saturated rings. The highest BCUT2D eigenvalue weighted by molar-refractivity contribution is 5.94. The predicted octanol–water partition coefficient (Wildman–Crippen LogP) is 3.64. The molecule has 1 saturated heterocycles. The normalized spacial score (nSPS) is 18.3.